The van der Waals surface area contributed by atoms with Gasteiger partial charge in [-0.1, -0.05) is 12.1 Å². The van der Waals surface area contributed by atoms with Crippen LogP contribution in [-0.2, 0) is 10.0 Å². The molecule has 0 fully saturated rings. The fraction of sp³-hybridized carbons (Fsp3) is 0.143. The molecule has 0 atom stereocenters. The second kappa shape index (κ2) is 5.83. The smallest absolute Gasteiger partial charge is 0.261 e. The van der Waals surface area contributed by atoms with Crippen molar-refractivity contribution in [1.82, 2.24) is 0 Å². The van der Waals surface area contributed by atoms with Crippen LogP contribution in [0, 0.1) is 0 Å². The van der Waals surface area contributed by atoms with Gasteiger partial charge in [0.15, 0.2) is 0 Å². The zero-order valence-corrected chi connectivity index (χ0v) is 11.9. The molecule has 0 saturated carbocycles. The van der Waals surface area contributed by atoms with E-state index in [1.54, 1.807) is 36.4 Å². The van der Waals surface area contributed by atoms with Crippen LogP contribution in [-0.4, -0.2) is 15.0 Å². The summed E-state index contributed by atoms with van der Waals surface area (Å²) in [6.45, 7) is 2.38. The standard InChI is InChI=1S/C14H16N2O3S/c1-2-19-13-7-4-6-12(10-13)16-20(17,18)14-8-3-5-11(15)9-14/h3-10,16H,2,15H2,1H3. The van der Waals surface area contributed by atoms with Gasteiger partial charge in [0.05, 0.1) is 17.2 Å². The van der Waals surface area contributed by atoms with E-state index in [1.807, 2.05) is 6.92 Å². The number of nitrogen functional groups attached to an aromatic ring is 1. The van der Waals surface area contributed by atoms with Crippen LogP contribution >= 0.6 is 0 Å². The Morgan fingerprint density at radius 3 is 2.60 bits per heavy atom. The molecule has 20 heavy (non-hydrogen) atoms. The maximum Gasteiger partial charge on any atom is 0.261 e. The van der Waals surface area contributed by atoms with Gasteiger partial charge in [-0.25, -0.2) is 8.42 Å². The van der Waals surface area contributed by atoms with Gasteiger partial charge < -0.3 is 10.5 Å². The van der Waals surface area contributed by atoms with Gasteiger partial charge in [0, 0.05) is 11.8 Å². The monoisotopic (exact) mass is 292 g/mol. The van der Waals surface area contributed by atoms with E-state index in [4.69, 9.17) is 10.5 Å². The Labute approximate surface area is 118 Å². The van der Waals surface area contributed by atoms with Crippen LogP contribution in [0.4, 0.5) is 11.4 Å². The van der Waals surface area contributed by atoms with E-state index in [9.17, 15) is 8.42 Å². The molecule has 0 heterocycles. The fourth-order valence-electron chi connectivity index (χ4n) is 1.71. The summed E-state index contributed by atoms with van der Waals surface area (Å²) >= 11 is 0. The van der Waals surface area contributed by atoms with Gasteiger partial charge in [0.25, 0.3) is 10.0 Å². The molecule has 0 bridgehead atoms. The summed E-state index contributed by atoms with van der Waals surface area (Å²) in [7, 11) is -3.65. The van der Waals surface area contributed by atoms with Crippen molar-refractivity contribution in [3.63, 3.8) is 0 Å². The van der Waals surface area contributed by atoms with E-state index in [1.165, 1.54) is 12.1 Å². The first-order chi connectivity index (χ1) is 9.51. The van der Waals surface area contributed by atoms with Crippen molar-refractivity contribution in [2.45, 2.75) is 11.8 Å². The second-order valence-electron chi connectivity index (χ2n) is 4.14. The minimum Gasteiger partial charge on any atom is -0.494 e. The molecule has 5 nitrogen and oxygen atoms in total. The van der Waals surface area contributed by atoms with E-state index >= 15 is 0 Å². The lowest BCUT2D eigenvalue weighted by atomic mass is 10.3. The summed E-state index contributed by atoms with van der Waals surface area (Å²) in [5.41, 5.74) is 6.44. The highest BCUT2D eigenvalue weighted by molar-refractivity contribution is 7.92. The molecule has 0 aliphatic carbocycles. The Morgan fingerprint density at radius 1 is 1.15 bits per heavy atom. The molecule has 0 aliphatic heterocycles. The lowest BCUT2D eigenvalue weighted by Crippen LogP contribution is -2.13. The number of nitrogens with one attached hydrogen (secondary N) is 1. The van der Waals surface area contributed by atoms with Crippen LogP contribution in [0.1, 0.15) is 6.92 Å². The molecule has 106 valence electrons. The molecule has 6 heteroatoms. The van der Waals surface area contributed by atoms with Gasteiger partial charge in [0.1, 0.15) is 5.75 Å². The predicted molar refractivity (Wildman–Crippen MR) is 79.3 cm³/mol. The maximum atomic E-state index is 12.2. The van der Waals surface area contributed by atoms with Crippen molar-refractivity contribution >= 4 is 21.4 Å². The number of sulfonamides is 1. The van der Waals surface area contributed by atoms with Crippen molar-refractivity contribution in [1.29, 1.82) is 0 Å². The van der Waals surface area contributed by atoms with Crippen LogP contribution in [0.2, 0.25) is 0 Å². The molecular formula is C14H16N2O3S. The number of anilines is 2. The molecule has 2 aromatic rings. The number of ether oxygens (including phenoxy) is 1. The first kappa shape index (κ1) is 14.2. The Bertz CT molecular complexity index is 699. The van der Waals surface area contributed by atoms with E-state index in [-0.39, 0.29) is 4.90 Å². The molecular weight excluding hydrogens is 276 g/mol. The Morgan fingerprint density at radius 2 is 1.90 bits per heavy atom. The lowest BCUT2D eigenvalue weighted by molar-refractivity contribution is 0.340. The summed E-state index contributed by atoms with van der Waals surface area (Å²) in [6.07, 6.45) is 0. The molecule has 2 rings (SSSR count). The van der Waals surface area contributed by atoms with E-state index < -0.39 is 10.0 Å². The molecule has 0 aliphatic rings. The SMILES string of the molecule is CCOc1cccc(NS(=O)(=O)c2cccc(N)c2)c1. The average molecular weight is 292 g/mol. The van der Waals surface area contributed by atoms with Crippen molar-refractivity contribution in [3.05, 3.63) is 48.5 Å². The van der Waals surface area contributed by atoms with Gasteiger partial charge in [-0.15, -0.1) is 0 Å². The van der Waals surface area contributed by atoms with Crippen molar-refractivity contribution in [2.75, 3.05) is 17.1 Å². The topological polar surface area (TPSA) is 81.4 Å². The van der Waals surface area contributed by atoms with E-state index in [0.717, 1.165) is 0 Å². The summed E-state index contributed by atoms with van der Waals surface area (Å²) in [5.74, 6) is 0.611. The molecule has 0 unspecified atom stereocenters. The quantitative estimate of drug-likeness (QED) is 0.829. The predicted octanol–water partition coefficient (Wildman–Crippen LogP) is 2.47. The first-order valence-electron chi connectivity index (χ1n) is 6.12. The zero-order valence-electron chi connectivity index (χ0n) is 11.0. The third-order valence-electron chi connectivity index (χ3n) is 2.57. The highest BCUT2D eigenvalue weighted by atomic mass is 32.2. The van der Waals surface area contributed by atoms with Crippen LogP contribution in [0.5, 0.6) is 5.75 Å². The minimum atomic E-state index is -3.65. The van der Waals surface area contributed by atoms with Crippen molar-refractivity contribution in [2.24, 2.45) is 0 Å². The second-order valence-corrected chi connectivity index (χ2v) is 5.82. The number of hydrogen-bond donors (Lipinski definition) is 2. The molecule has 0 saturated heterocycles. The number of rotatable bonds is 5. The van der Waals surface area contributed by atoms with Gasteiger partial charge in [-0.3, -0.25) is 4.72 Å². The zero-order chi connectivity index (χ0) is 14.6. The fourth-order valence-corrected chi connectivity index (χ4v) is 2.82. The van der Waals surface area contributed by atoms with Crippen LogP contribution in [0.3, 0.4) is 0 Å². The van der Waals surface area contributed by atoms with Gasteiger partial charge in [0.2, 0.25) is 0 Å². The third kappa shape index (κ3) is 3.42. The number of benzene rings is 2. The molecule has 0 aromatic heterocycles. The summed E-state index contributed by atoms with van der Waals surface area (Å²) in [5, 5.41) is 0. The minimum absolute atomic E-state index is 0.124. The highest BCUT2D eigenvalue weighted by Crippen LogP contribution is 2.21. The first-order valence-corrected chi connectivity index (χ1v) is 7.61. The molecule has 0 spiro atoms. The number of hydrogen-bond acceptors (Lipinski definition) is 4. The Balaban J connectivity index is 2.26. The van der Waals surface area contributed by atoms with Gasteiger partial charge >= 0.3 is 0 Å². The van der Waals surface area contributed by atoms with E-state index in [2.05, 4.69) is 4.72 Å². The van der Waals surface area contributed by atoms with Gasteiger partial charge in [-0.05, 0) is 37.3 Å². The maximum absolute atomic E-state index is 12.2. The third-order valence-corrected chi connectivity index (χ3v) is 3.94. The van der Waals surface area contributed by atoms with Crippen molar-refractivity contribution < 1.29 is 13.2 Å². The molecule has 0 amide bonds. The highest BCUT2D eigenvalue weighted by Gasteiger charge is 2.14. The van der Waals surface area contributed by atoms with E-state index in [0.29, 0.717) is 23.7 Å². The lowest BCUT2D eigenvalue weighted by Gasteiger charge is -2.10. The Hall–Kier alpha value is -2.21. The largest absolute Gasteiger partial charge is 0.494 e. The van der Waals surface area contributed by atoms with Crippen molar-refractivity contribution in [3.8, 4) is 5.75 Å². The summed E-state index contributed by atoms with van der Waals surface area (Å²) < 4.78 is 32.3. The van der Waals surface area contributed by atoms with Gasteiger partial charge in [-0.2, -0.15) is 0 Å². The van der Waals surface area contributed by atoms with Crippen LogP contribution in [0.15, 0.2) is 53.4 Å². The van der Waals surface area contributed by atoms with Crippen LogP contribution < -0.4 is 15.2 Å². The summed E-state index contributed by atoms with van der Waals surface area (Å²) in [6, 6.07) is 12.9. The van der Waals surface area contributed by atoms with Crippen LogP contribution in [0.25, 0.3) is 0 Å². The number of nitrogens with two attached hydrogens (primary N) is 1. The molecule has 2 aromatic carbocycles. The molecule has 0 radical (unpaired) electrons. The Kier molecular flexibility index (Phi) is 4.14. The summed E-state index contributed by atoms with van der Waals surface area (Å²) in [4.78, 5) is 0.124. The average Bonchev–Trinajstić information content (AvgIpc) is 2.39. The molecule has 3 N–H and O–H groups in total. The normalized spacial score (nSPS) is 11.1.